The van der Waals surface area contributed by atoms with E-state index < -0.39 is 0 Å². The number of benzene rings is 12. The fourth-order valence-corrected chi connectivity index (χ4v) is 15.7. The summed E-state index contributed by atoms with van der Waals surface area (Å²) in [7, 11) is 0. The van der Waals surface area contributed by atoms with Gasteiger partial charge in [-0.2, -0.15) is 0 Å². The van der Waals surface area contributed by atoms with E-state index in [0.717, 1.165) is 44.1 Å². The van der Waals surface area contributed by atoms with Crippen molar-refractivity contribution in [3.8, 4) is 0 Å². The maximum Gasteiger partial charge on any atom is 0.0736 e. The lowest BCUT2D eigenvalue weighted by molar-refractivity contribution is 0.862. The number of aromatic nitrogens is 8. The molecule has 0 N–H and O–H groups in total. The summed E-state index contributed by atoms with van der Waals surface area (Å²) in [4.78, 5) is 34.9. The van der Waals surface area contributed by atoms with Gasteiger partial charge in [-0.3, -0.25) is 39.9 Å². The van der Waals surface area contributed by atoms with Gasteiger partial charge in [-0.05, 0) is 308 Å². The van der Waals surface area contributed by atoms with Crippen LogP contribution >= 0.6 is 0 Å². The first-order valence-corrected chi connectivity index (χ1v) is 48.1. The molecule has 0 saturated heterocycles. The predicted molar refractivity (Wildman–Crippen MR) is 582 cm³/mol. The van der Waals surface area contributed by atoms with Crippen LogP contribution in [0.3, 0.4) is 0 Å². The SMILES string of the molecule is CC(C)c1ccc2ccccc2c1.CC(C)c1ccc2cccnc2c1.CC(C)c1ccc2ncccc2c1.CC(C)c1cccc2ccccc12.CC(C)c1cccc2cccnc12.CC(C)c1cnc2ccccc2c1.Cc1cnc2ccc(C(C)C)cc2c1.Cc1cnc2ccc(C(C)C)cc2c1.Cc1cnc2ccc(C(C)C)cc2c1.Cc1cnc2ccc(C(C)C)cc2c1. The van der Waals surface area contributed by atoms with Crippen LogP contribution in [-0.2, 0) is 0 Å². The van der Waals surface area contributed by atoms with Gasteiger partial charge in [0.25, 0.3) is 0 Å². The number of rotatable bonds is 10. The molecule has 0 unspecified atom stereocenters. The zero-order valence-corrected chi connectivity index (χ0v) is 83.8. The van der Waals surface area contributed by atoms with E-state index in [9.17, 15) is 0 Å². The van der Waals surface area contributed by atoms with Crippen LogP contribution < -0.4 is 0 Å². The molecule has 20 rings (SSSR count). The normalized spacial score (nSPS) is 11.1. The molecule has 8 aromatic heterocycles. The molecule has 0 spiro atoms. The van der Waals surface area contributed by atoms with Crippen LogP contribution in [0.4, 0.5) is 0 Å². The molecule has 8 heteroatoms. The van der Waals surface area contributed by atoms with Crippen LogP contribution in [0, 0.1) is 27.7 Å². The number of nitrogens with zero attached hydrogens (tertiary/aromatic N) is 8. The minimum Gasteiger partial charge on any atom is -0.256 e. The molecule has 0 bridgehead atoms. The molecular weight excluding hydrogens is 1630 g/mol. The van der Waals surface area contributed by atoms with Crippen molar-refractivity contribution in [1.82, 2.24) is 39.9 Å². The average molecular weight is 1770 g/mol. The van der Waals surface area contributed by atoms with Crippen molar-refractivity contribution in [2.24, 2.45) is 0 Å². The highest BCUT2D eigenvalue weighted by atomic mass is 14.7. The Hall–Kier alpha value is -13.6. The van der Waals surface area contributed by atoms with Crippen LogP contribution in [0.25, 0.3) is 109 Å². The zero-order valence-electron chi connectivity index (χ0n) is 83.8. The van der Waals surface area contributed by atoms with Crippen LogP contribution in [0.5, 0.6) is 0 Å². The van der Waals surface area contributed by atoms with Crippen molar-refractivity contribution >= 4 is 109 Å². The fraction of sp³-hybridized carbons (Fsp3) is 0.270. The Morgan fingerprint density at radius 1 is 0.157 bits per heavy atom. The Kier molecular flexibility index (Phi) is 37.1. The summed E-state index contributed by atoms with van der Waals surface area (Å²) in [5, 5.41) is 15.3. The van der Waals surface area contributed by atoms with Gasteiger partial charge in [-0.25, -0.2) is 0 Å². The molecule has 12 aromatic carbocycles. The maximum atomic E-state index is 4.40. The van der Waals surface area contributed by atoms with Crippen LogP contribution in [-0.4, -0.2) is 39.9 Å². The molecule has 684 valence electrons. The number of para-hydroxylation sites is 2. The molecule has 134 heavy (non-hydrogen) atoms. The summed E-state index contributed by atoms with van der Waals surface area (Å²) >= 11 is 0. The van der Waals surface area contributed by atoms with E-state index in [4.69, 9.17) is 0 Å². The highest BCUT2D eigenvalue weighted by Crippen LogP contribution is 2.31. The fourth-order valence-electron chi connectivity index (χ4n) is 15.7. The Bertz CT molecular complexity index is 6380. The highest BCUT2D eigenvalue weighted by molar-refractivity contribution is 5.88. The molecule has 0 radical (unpaired) electrons. The molecule has 0 aliphatic carbocycles. The molecule has 0 saturated carbocycles. The third-order valence-corrected chi connectivity index (χ3v) is 24.1. The Morgan fingerprint density at radius 3 is 0.858 bits per heavy atom. The Morgan fingerprint density at radius 2 is 0.433 bits per heavy atom. The quantitative estimate of drug-likeness (QED) is 0.133. The zero-order chi connectivity index (χ0) is 96.1. The van der Waals surface area contributed by atoms with Crippen LogP contribution in [0.2, 0.25) is 0 Å². The van der Waals surface area contributed by atoms with E-state index >= 15 is 0 Å². The molecule has 0 amide bonds. The Labute approximate surface area is 799 Å². The van der Waals surface area contributed by atoms with E-state index in [0.29, 0.717) is 59.2 Å². The molecule has 0 atom stereocenters. The van der Waals surface area contributed by atoms with E-state index in [1.165, 1.54) is 143 Å². The topological polar surface area (TPSA) is 103 Å². The maximum absolute atomic E-state index is 4.40. The third kappa shape index (κ3) is 29.2. The van der Waals surface area contributed by atoms with Gasteiger partial charge in [0, 0.05) is 92.7 Å². The second kappa shape index (κ2) is 49.3. The van der Waals surface area contributed by atoms with Gasteiger partial charge >= 0.3 is 0 Å². The van der Waals surface area contributed by atoms with Gasteiger partial charge in [-0.1, -0.05) is 320 Å². The van der Waals surface area contributed by atoms with Crippen molar-refractivity contribution in [1.29, 1.82) is 0 Å². The van der Waals surface area contributed by atoms with Crippen LogP contribution in [0.15, 0.2) is 353 Å². The number of fused-ring (bicyclic) bond motifs is 10. The van der Waals surface area contributed by atoms with Gasteiger partial charge in [-0.15, -0.1) is 0 Å². The summed E-state index contributed by atoms with van der Waals surface area (Å²) in [5.74, 6) is 5.81. The highest BCUT2D eigenvalue weighted by Gasteiger charge is 2.11. The monoisotopic (exact) mass is 1770 g/mol. The molecular formula is C126H140N8. The lowest BCUT2D eigenvalue weighted by Crippen LogP contribution is -1.90. The average Bonchev–Trinajstić information content (AvgIpc) is 0.833. The Balaban J connectivity index is 0.000000143. The first-order chi connectivity index (χ1) is 64.3. The summed E-state index contributed by atoms with van der Waals surface area (Å²) in [5.41, 5.74) is 27.3. The molecule has 20 aromatic rings. The number of pyridine rings is 8. The molecule has 8 nitrogen and oxygen atoms in total. The van der Waals surface area contributed by atoms with Crippen molar-refractivity contribution in [3.63, 3.8) is 0 Å². The number of aryl methyl sites for hydroxylation is 4. The van der Waals surface area contributed by atoms with Crippen molar-refractivity contribution in [3.05, 3.63) is 431 Å². The van der Waals surface area contributed by atoms with Crippen molar-refractivity contribution < 1.29 is 0 Å². The third-order valence-electron chi connectivity index (χ3n) is 24.1. The second-order valence-corrected chi connectivity index (χ2v) is 38.4. The molecule has 0 aliphatic rings. The van der Waals surface area contributed by atoms with Crippen LogP contribution in [0.1, 0.15) is 276 Å². The van der Waals surface area contributed by atoms with E-state index in [2.05, 4.69) is 473 Å². The minimum atomic E-state index is 0.540. The number of hydrogen-bond donors (Lipinski definition) is 0. The first kappa shape index (κ1) is 101. The predicted octanol–water partition coefficient (Wildman–Crippen LogP) is 36.0. The molecule has 0 aliphatic heterocycles. The van der Waals surface area contributed by atoms with Gasteiger partial charge in [0.1, 0.15) is 0 Å². The van der Waals surface area contributed by atoms with Gasteiger partial charge < -0.3 is 0 Å². The lowest BCUT2D eigenvalue weighted by atomic mass is 9.96. The standard InChI is InChI=1S/4C13H15N.2C13H14.4C12H13N/c4*1-9(2)11-4-5-13-12(7-11)6-10(3)8-14-13;1-10(2)12-9-5-7-11-6-3-4-8-13(11)12;1-10(2)12-8-7-11-5-3-4-6-13(11)9-12;1-9(2)11-7-3-5-10-6-4-8-13-12(10)11;1-9(2)10-5-6-12-11(8-10)4-3-7-13-12;1-9(2)11-6-5-10-4-3-7-13-12(10)8-11;1-9(2)11-7-10-5-3-4-6-12(10)13-8-11/h4*4-9H,1-3H3;2*3-10H,1-2H3;4*3-9H,1-2H3. The van der Waals surface area contributed by atoms with Gasteiger partial charge in [0.05, 0.1) is 44.1 Å². The van der Waals surface area contributed by atoms with Gasteiger partial charge in [0.2, 0.25) is 0 Å². The summed E-state index contributed by atoms with van der Waals surface area (Å²) in [6, 6.07) is 107. The van der Waals surface area contributed by atoms with Crippen molar-refractivity contribution in [2.75, 3.05) is 0 Å². The number of hydrogen-bond acceptors (Lipinski definition) is 8. The smallest absolute Gasteiger partial charge is 0.0736 e. The lowest BCUT2D eigenvalue weighted by Gasteiger charge is -2.08. The van der Waals surface area contributed by atoms with Crippen molar-refractivity contribution in [2.45, 2.75) is 225 Å². The summed E-state index contributed by atoms with van der Waals surface area (Å²) in [6.45, 7) is 52.5. The summed E-state index contributed by atoms with van der Waals surface area (Å²) < 4.78 is 0. The largest absolute Gasteiger partial charge is 0.256 e. The molecule has 8 heterocycles. The van der Waals surface area contributed by atoms with Gasteiger partial charge in [0.15, 0.2) is 0 Å². The molecule has 0 fully saturated rings. The minimum absolute atomic E-state index is 0.540. The van der Waals surface area contributed by atoms with E-state index in [1.807, 2.05) is 86.0 Å². The first-order valence-electron chi connectivity index (χ1n) is 48.1. The second-order valence-electron chi connectivity index (χ2n) is 38.4. The van der Waals surface area contributed by atoms with E-state index in [-0.39, 0.29) is 0 Å². The summed E-state index contributed by atoms with van der Waals surface area (Å²) in [6.07, 6.45) is 15.1. The van der Waals surface area contributed by atoms with E-state index in [1.54, 1.807) is 0 Å².